The molecule has 1 aliphatic rings. The number of rotatable bonds is 0. The fraction of sp³-hybridized carbons (Fsp3) is 0.875. The lowest BCUT2D eigenvalue weighted by molar-refractivity contribution is 0.202. The molecule has 0 radical (unpaired) electrons. The molecule has 0 spiro atoms. The molecule has 1 rings (SSSR count). The Morgan fingerprint density at radius 2 is 1.92 bits per heavy atom. The first-order chi connectivity index (χ1) is 5.63. The molecule has 1 aliphatic heterocycles. The van der Waals surface area contributed by atoms with Crippen LogP contribution in [0.5, 0.6) is 0 Å². The van der Waals surface area contributed by atoms with Crippen molar-refractivity contribution in [2.75, 3.05) is 13.1 Å². The highest BCUT2D eigenvalue weighted by atomic mass is 16.4. The van der Waals surface area contributed by atoms with Gasteiger partial charge in [-0.2, -0.15) is 0 Å². The molecule has 0 bridgehead atoms. The molecule has 1 heterocycles. The summed E-state index contributed by atoms with van der Waals surface area (Å²) in [6.45, 7) is 6.18. The number of guanidine groups is 1. The second-order valence-corrected chi connectivity index (χ2v) is 3.81. The van der Waals surface area contributed by atoms with Crippen LogP contribution < -0.4 is 5.73 Å². The molecule has 70 valence electrons. The summed E-state index contributed by atoms with van der Waals surface area (Å²) >= 11 is 0. The van der Waals surface area contributed by atoms with E-state index >= 15 is 0 Å². The van der Waals surface area contributed by atoms with Crippen LogP contribution in [-0.2, 0) is 0 Å². The van der Waals surface area contributed by atoms with E-state index in [1.54, 1.807) is 0 Å². The average molecular weight is 171 g/mol. The van der Waals surface area contributed by atoms with Gasteiger partial charge in [-0.1, -0.05) is 19.0 Å². The molecule has 2 atom stereocenters. The smallest absolute Gasteiger partial charge is 0.233 e. The van der Waals surface area contributed by atoms with Crippen molar-refractivity contribution in [3.8, 4) is 0 Å². The highest BCUT2D eigenvalue weighted by Crippen LogP contribution is 2.20. The zero-order valence-corrected chi connectivity index (χ0v) is 7.70. The highest BCUT2D eigenvalue weighted by molar-refractivity contribution is 5.77. The molecule has 0 aromatic carbocycles. The van der Waals surface area contributed by atoms with Gasteiger partial charge < -0.3 is 15.8 Å². The van der Waals surface area contributed by atoms with E-state index in [4.69, 9.17) is 10.9 Å². The topological polar surface area (TPSA) is 61.8 Å². The van der Waals surface area contributed by atoms with E-state index in [0.29, 0.717) is 11.8 Å². The molecule has 12 heavy (non-hydrogen) atoms. The Bertz CT molecular complexity index is 171. The lowest BCUT2D eigenvalue weighted by atomic mass is 9.92. The molecule has 1 fully saturated rings. The Morgan fingerprint density at radius 1 is 1.42 bits per heavy atom. The summed E-state index contributed by atoms with van der Waals surface area (Å²) in [5.74, 6) is 1.51. The Balaban J connectivity index is 2.55. The molecule has 0 saturated carbocycles. The fourth-order valence-corrected chi connectivity index (χ4v) is 1.91. The van der Waals surface area contributed by atoms with E-state index in [-0.39, 0.29) is 5.96 Å². The van der Waals surface area contributed by atoms with E-state index in [1.165, 1.54) is 6.42 Å². The molecule has 0 aromatic rings. The molecule has 1 saturated heterocycles. The van der Waals surface area contributed by atoms with Crippen molar-refractivity contribution >= 4 is 5.96 Å². The zero-order chi connectivity index (χ0) is 9.14. The Kier molecular flexibility index (Phi) is 2.78. The summed E-state index contributed by atoms with van der Waals surface area (Å²) < 4.78 is 0. The van der Waals surface area contributed by atoms with E-state index in [0.717, 1.165) is 13.1 Å². The molecule has 0 aliphatic carbocycles. The second kappa shape index (κ2) is 3.65. The summed E-state index contributed by atoms with van der Waals surface area (Å²) in [4.78, 5) is 1.93. The van der Waals surface area contributed by atoms with Crippen LogP contribution in [-0.4, -0.2) is 29.2 Å². The van der Waals surface area contributed by atoms with Crippen molar-refractivity contribution in [3.63, 3.8) is 0 Å². The average Bonchev–Trinajstić information content (AvgIpc) is 2.01. The summed E-state index contributed by atoms with van der Waals surface area (Å²) in [5.41, 5.74) is 5.50. The Morgan fingerprint density at radius 3 is 2.33 bits per heavy atom. The van der Waals surface area contributed by atoms with Gasteiger partial charge in [-0.05, 0) is 18.3 Å². The largest absolute Gasteiger partial charge is 0.408 e. The minimum absolute atomic E-state index is 0.244. The molecule has 4 nitrogen and oxygen atoms in total. The maximum atomic E-state index is 8.48. The van der Waals surface area contributed by atoms with Crippen LogP contribution in [0.15, 0.2) is 5.16 Å². The lowest BCUT2D eigenvalue weighted by Gasteiger charge is -2.34. The first-order valence-electron chi connectivity index (χ1n) is 4.36. The maximum Gasteiger partial charge on any atom is 0.233 e. The second-order valence-electron chi connectivity index (χ2n) is 3.81. The third-order valence-electron chi connectivity index (χ3n) is 2.30. The molecular weight excluding hydrogens is 154 g/mol. The number of hydrogen-bond acceptors (Lipinski definition) is 2. The van der Waals surface area contributed by atoms with Crippen LogP contribution >= 0.6 is 0 Å². The predicted molar refractivity (Wildman–Crippen MR) is 47.9 cm³/mol. The quantitative estimate of drug-likeness (QED) is 0.244. The van der Waals surface area contributed by atoms with E-state index in [1.807, 2.05) is 4.90 Å². The number of piperidine rings is 1. The van der Waals surface area contributed by atoms with Gasteiger partial charge in [0.05, 0.1) is 0 Å². The van der Waals surface area contributed by atoms with Crippen LogP contribution in [0.4, 0.5) is 0 Å². The maximum absolute atomic E-state index is 8.48. The first kappa shape index (κ1) is 9.16. The lowest BCUT2D eigenvalue weighted by Crippen LogP contribution is -2.46. The van der Waals surface area contributed by atoms with Crippen molar-refractivity contribution in [2.45, 2.75) is 20.3 Å². The van der Waals surface area contributed by atoms with Crippen LogP contribution in [0.2, 0.25) is 0 Å². The van der Waals surface area contributed by atoms with Crippen molar-refractivity contribution < 1.29 is 5.21 Å². The van der Waals surface area contributed by atoms with Crippen LogP contribution in [0.3, 0.4) is 0 Å². The summed E-state index contributed by atoms with van der Waals surface area (Å²) in [7, 11) is 0. The SMILES string of the molecule is CC1CC(C)CN(C(N)=NO)C1. The van der Waals surface area contributed by atoms with Gasteiger partial charge in [0.1, 0.15) is 0 Å². The molecule has 3 N–H and O–H groups in total. The van der Waals surface area contributed by atoms with Crippen molar-refractivity contribution in [3.05, 3.63) is 0 Å². The molecule has 0 amide bonds. The molecule has 0 aromatic heterocycles. The number of hydrogen-bond donors (Lipinski definition) is 2. The highest BCUT2D eigenvalue weighted by Gasteiger charge is 2.22. The van der Waals surface area contributed by atoms with E-state index < -0.39 is 0 Å². The van der Waals surface area contributed by atoms with Crippen LogP contribution in [0.25, 0.3) is 0 Å². The summed E-state index contributed by atoms with van der Waals surface area (Å²) in [6, 6.07) is 0. The Labute approximate surface area is 73.0 Å². The van der Waals surface area contributed by atoms with Crippen molar-refractivity contribution in [1.29, 1.82) is 0 Å². The van der Waals surface area contributed by atoms with Gasteiger partial charge in [-0.25, -0.2) is 0 Å². The third kappa shape index (κ3) is 2.03. The monoisotopic (exact) mass is 171 g/mol. The van der Waals surface area contributed by atoms with Gasteiger partial charge in [0.2, 0.25) is 5.96 Å². The molecule has 4 heteroatoms. The van der Waals surface area contributed by atoms with Crippen molar-refractivity contribution in [1.82, 2.24) is 4.90 Å². The minimum Gasteiger partial charge on any atom is -0.408 e. The minimum atomic E-state index is 0.244. The van der Waals surface area contributed by atoms with E-state index in [9.17, 15) is 0 Å². The van der Waals surface area contributed by atoms with Crippen LogP contribution in [0, 0.1) is 11.8 Å². The number of nitrogens with zero attached hydrogens (tertiary/aromatic N) is 2. The van der Waals surface area contributed by atoms with E-state index in [2.05, 4.69) is 19.0 Å². The third-order valence-corrected chi connectivity index (χ3v) is 2.30. The fourth-order valence-electron chi connectivity index (χ4n) is 1.91. The summed E-state index contributed by atoms with van der Waals surface area (Å²) in [6.07, 6.45) is 1.23. The van der Waals surface area contributed by atoms with Gasteiger partial charge in [0.15, 0.2) is 0 Å². The van der Waals surface area contributed by atoms with Gasteiger partial charge in [0, 0.05) is 13.1 Å². The van der Waals surface area contributed by atoms with Gasteiger partial charge in [-0.3, -0.25) is 0 Å². The van der Waals surface area contributed by atoms with Gasteiger partial charge in [0.25, 0.3) is 0 Å². The normalized spacial score (nSPS) is 32.2. The molecule has 2 unspecified atom stereocenters. The zero-order valence-electron chi connectivity index (χ0n) is 7.70. The molecular formula is C8H17N3O. The number of likely N-dealkylation sites (tertiary alicyclic amines) is 1. The standard InChI is InChI=1S/C8H17N3O/c1-6-3-7(2)5-11(4-6)8(9)10-12/h6-7,12H,3-5H2,1-2H3,(H2,9,10). The number of nitrogens with two attached hydrogens (primary N) is 1. The number of oxime groups is 1. The van der Waals surface area contributed by atoms with Crippen LogP contribution in [0.1, 0.15) is 20.3 Å². The van der Waals surface area contributed by atoms with Gasteiger partial charge >= 0.3 is 0 Å². The summed E-state index contributed by atoms with van der Waals surface area (Å²) in [5, 5.41) is 11.5. The predicted octanol–water partition coefficient (Wildman–Crippen LogP) is 0.668. The van der Waals surface area contributed by atoms with Crippen molar-refractivity contribution in [2.24, 2.45) is 22.7 Å². The van der Waals surface area contributed by atoms with Gasteiger partial charge in [-0.15, -0.1) is 0 Å². The Hall–Kier alpha value is -0.930. The first-order valence-corrected chi connectivity index (χ1v) is 4.36.